The van der Waals surface area contributed by atoms with Crippen molar-refractivity contribution in [2.24, 2.45) is 5.73 Å². The molecule has 2 heteroatoms. The normalized spacial score (nSPS) is 12.7. The number of hydrogen-bond donors (Lipinski definition) is 1. The van der Waals surface area contributed by atoms with E-state index < -0.39 is 0 Å². The number of fused-ring (bicyclic) bond motifs is 1. The van der Waals surface area contributed by atoms with Gasteiger partial charge in [-0.15, -0.1) is 0 Å². The molecule has 2 rings (SSSR count). The zero-order valence-corrected chi connectivity index (χ0v) is 9.73. The molecule has 0 radical (unpaired) electrons. The molecule has 84 valence electrons. The fraction of sp³-hybridized carbons (Fsp3) is 0.286. The van der Waals surface area contributed by atoms with Crippen molar-refractivity contribution >= 4 is 10.8 Å². The van der Waals surface area contributed by atoms with Gasteiger partial charge in [-0.2, -0.15) is 0 Å². The van der Waals surface area contributed by atoms with Gasteiger partial charge in [-0.3, -0.25) is 0 Å². The van der Waals surface area contributed by atoms with Gasteiger partial charge in [-0.05, 0) is 30.7 Å². The summed E-state index contributed by atoms with van der Waals surface area (Å²) in [6.07, 6.45) is 0. The largest absolute Gasteiger partial charge is 0.494 e. The molecule has 0 spiro atoms. The molecule has 2 aromatic carbocycles. The van der Waals surface area contributed by atoms with Crippen LogP contribution in [-0.4, -0.2) is 6.61 Å². The van der Waals surface area contributed by atoms with Crippen molar-refractivity contribution in [1.29, 1.82) is 0 Å². The highest BCUT2D eigenvalue weighted by molar-refractivity contribution is 5.88. The Bertz CT molecular complexity index is 491. The van der Waals surface area contributed by atoms with E-state index >= 15 is 0 Å². The van der Waals surface area contributed by atoms with Crippen molar-refractivity contribution < 1.29 is 4.74 Å². The monoisotopic (exact) mass is 215 g/mol. The van der Waals surface area contributed by atoms with Crippen molar-refractivity contribution in [1.82, 2.24) is 0 Å². The molecule has 0 aliphatic carbocycles. The van der Waals surface area contributed by atoms with Gasteiger partial charge in [0.2, 0.25) is 0 Å². The fourth-order valence-corrected chi connectivity index (χ4v) is 2.03. The van der Waals surface area contributed by atoms with Crippen LogP contribution in [0, 0.1) is 0 Å². The van der Waals surface area contributed by atoms with Gasteiger partial charge in [0.15, 0.2) is 0 Å². The quantitative estimate of drug-likeness (QED) is 0.853. The highest BCUT2D eigenvalue weighted by Gasteiger charge is 2.11. The molecule has 0 fully saturated rings. The smallest absolute Gasteiger partial charge is 0.124 e. The van der Waals surface area contributed by atoms with Gasteiger partial charge >= 0.3 is 0 Å². The maximum atomic E-state index is 6.03. The molecule has 0 saturated heterocycles. The van der Waals surface area contributed by atoms with Crippen LogP contribution in [0.5, 0.6) is 5.75 Å². The minimum Gasteiger partial charge on any atom is -0.494 e. The summed E-state index contributed by atoms with van der Waals surface area (Å²) in [5.41, 5.74) is 7.13. The standard InChI is InChI=1S/C14H17NO/c1-3-16-13-9-8-11-6-4-5-7-12(11)14(13)10(2)15/h4-10H,3,15H2,1-2H3. The maximum Gasteiger partial charge on any atom is 0.124 e. The van der Waals surface area contributed by atoms with E-state index in [2.05, 4.69) is 18.2 Å². The van der Waals surface area contributed by atoms with Crippen LogP contribution < -0.4 is 10.5 Å². The van der Waals surface area contributed by atoms with Crippen LogP contribution in [0.2, 0.25) is 0 Å². The Kier molecular flexibility index (Phi) is 3.11. The second kappa shape index (κ2) is 4.54. The van der Waals surface area contributed by atoms with Crippen LogP contribution in [0.25, 0.3) is 10.8 Å². The Morgan fingerprint density at radius 3 is 2.62 bits per heavy atom. The van der Waals surface area contributed by atoms with Gasteiger partial charge in [0, 0.05) is 11.6 Å². The summed E-state index contributed by atoms with van der Waals surface area (Å²) in [5, 5.41) is 2.39. The molecule has 16 heavy (non-hydrogen) atoms. The van der Waals surface area contributed by atoms with E-state index in [0.717, 1.165) is 11.3 Å². The number of nitrogens with two attached hydrogens (primary N) is 1. The van der Waals surface area contributed by atoms with E-state index in [1.807, 2.05) is 32.0 Å². The molecule has 2 aromatic rings. The first-order valence-electron chi connectivity index (χ1n) is 5.64. The van der Waals surface area contributed by atoms with Crippen LogP contribution in [0.4, 0.5) is 0 Å². The van der Waals surface area contributed by atoms with Gasteiger partial charge in [0.1, 0.15) is 5.75 Å². The molecule has 1 atom stereocenters. The Labute approximate surface area is 96.0 Å². The average molecular weight is 215 g/mol. The van der Waals surface area contributed by atoms with E-state index in [-0.39, 0.29) is 6.04 Å². The maximum absolute atomic E-state index is 6.03. The van der Waals surface area contributed by atoms with Crippen molar-refractivity contribution in [2.45, 2.75) is 19.9 Å². The topological polar surface area (TPSA) is 35.2 Å². The molecule has 0 aliphatic rings. The molecule has 0 bridgehead atoms. The summed E-state index contributed by atoms with van der Waals surface area (Å²) in [4.78, 5) is 0. The van der Waals surface area contributed by atoms with Crippen molar-refractivity contribution in [3.63, 3.8) is 0 Å². The molecule has 0 saturated carbocycles. The zero-order chi connectivity index (χ0) is 11.5. The molecule has 2 N–H and O–H groups in total. The van der Waals surface area contributed by atoms with Crippen LogP contribution in [0.1, 0.15) is 25.5 Å². The molecular formula is C14H17NO. The summed E-state index contributed by atoms with van der Waals surface area (Å²) in [6, 6.07) is 12.3. The summed E-state index contributed by atoms with van der Waals surface area (Å²) < 4.78 is 5.63. The van der Waals surface area contributed by atoms with E-state index in [1.165, 1.54) is 10.8 Å². The summed E-state index contributed by atoms with van der Waals surface area (Å²) in [6.45, 7) is 4.64. The van der Waals surface area contributed by atoms with Crippen molar-refractivity contribution in [3.8, 4) is 5.75 Å². The van der Waals surface area contributed by atoms with Crippen molar-refractivity contribution in [2.75, 3.05) is 6.61 Å². The van der Waals surface area contributed by atoms with Crippen molar-refractivity contribution in [3.05, 3.63) is 42.0 Å². The lowest BCUT2D eigenvalue weighted by Crippen LogP contribution is -2.08. The second-order valence-corrected chi connectivity index (χ2v) is 3.92. The molecule has 0 amide bonds. The SMILES string of the molecule is CCOc1ccc2ccccc2c1C(C)N. The third-order valence-electron chi connectivity index (χ3n) is 2.69. The molecule has 0 heterocycles. The molecule has 0 aromatic heterocycles. The lowest BCUT2D eigenvalue weighted by molar-refractivity contribution is 0.335. The number of ether oxygens (including phenoxy) is 1. The first-order chi connectivity index (χ1) is 7.74. The van der Waals surface area contributed by atoms with E-state index in [1.54, 1.807) is 0 Å². The Hall–Kier alpha value is -1.54. The third kappa shape index (κ3) is 1.89. The number of benzene rings is 2. The molecular weight excluding hydrogens is 198 g/mol. The van der Waals surface area contributed by atoms with Crippen LogP contribution in [-0.2, 0) is 0 Å². The van der Waals surface area contributed by atoms with E-state index in [0.29, 0.717) is 6.61 Å². The second-order valence-electron chi connectivity index (χ2n) is 3.92. The van der Waals surface area contributed by atoms with E-state index in [9.17, 15) is 0 Å². The van der Waals surface area contributed by atoms with Crippen LogP contribution in [0.15, 0.2) is 36.4 Å². The average Bonchev–Trinajstić information content (AvgIpc) is 2.28. The minimum atomic E-state index is -0.0207. The van der Waals surface area contributed by atoms with Crippen LogP contribution >= 0.6 is 0 Å². The minimum absolute atomic E-state index is 0.0207. The lowest BCUT2D eigenvalue weighted by Gasteiger charge is -2.15. The predicted molar refractivity (Wildman–Crippen MR) is 67.7 cm³/mol. The molecule has 2 nitrogen and oxygen atoms in total. The third-order valence-corrected chi connectivity index (χ3v) is 2.69. The van der Waals surface area contributed by atoms with Crippen LogP contribution in [0.3, 0.4) is 0 Å². The summed E-state index contributed by atoms with van der Waals surface area (Å²) >= 11 is 0. The Balaban J connectivity index is 2.69. The first kappa shape index (κ1) is 11.0. The number of rotatable bonds is 3. The summed E-state index contributed by atoms with van der Waals surface area (Å²) in [5.74, 6) is 0.899. The zero-order valence-electron chi connectivity index (χ0n) is 9.73. The molecule has 0 aliphatic heterocycles. The highest BCUT2D eigenvalue weighted by Crippen LogP contribution is 2.31. The van der Waals surface area contributed by atoms with Gasteiger partial charge in [-0.25, -0.2) is 0 Å². The fourth-order valence-electron chi connectivity index (χ4n) is 2.03. The Morgan fingerprint density at radius 1 is 1.19 bits per heavy atom. The predicted octanol–water partition coefficient (Wildman–Crippen LogP) is 3.26. The summed E-state index contributed by atoms with van der Waals surface area (Å²) in [7, 11) is 0. The first-order valence-corrected chi connectivity index (χ1v) is 5.64. The number of hydrogen-bond acceptors (Lipinski definition) is 2. The van der Waals surface area contributed by atoms with Gasteiger partial charge < -0.3 is 10.5 Å². The molecule has 1 unspecified atom stereocenters. The van der Waals surface area contributed by atoms with Gasteiger partial charge in [0.05, 0.1) is 6.61 Å². The van der Waals surface area contributed by atoms with Gasteiger partial charge in [0.25, 0.3) is 0 Å². The lowest BCUT2D eigenvalue weighted by atomic mass is 9.99. The van der Waals surface area contributed by atoms with E-state index in [4.69, 9.17) is 10.5 Å². The van der Waals surface area contributed by atoms with Gasteiger partial charge in [-0.1, -0.05) is 30.3 Å². The Morgan fingerprint density at radius 2 is 1.94 bits per heavy atom. The highest BCUT2D eigenvalue weighted by atomic mass is 16.5.